The van der Waals surface area contributed by atoms with Gasteiger partial charge in [-0.3, -0.25) is 14.4 Å². The number of amides is 5. The second kappa shape index (κ2) is 11.9. The van der Waals surface area contributed by atoms with E-state index in [1.165, 1.54) is 23.3 Å². The summed E-state index contributed by atoms with van der Waals surface area (Å²) in [6.45, 7) is 4.08. The molecule has 0 aromatic heterocycles. The van der Waals surface area contributed by atoms with E-state index in [0.717, 1.165) is 25.7 Å². The van der Waals surface area contributed by atoms with Crippen LogP contribution >= 0.6 is 0 Å². The number of hydrogen-bond donors (Lipinski definition) is 3. The number of carbonyl (C=O) groups is 4. The van der Waals surface area contributed by atoms with Crippen molar-refractivity contribution in [3.8, 4) is 0 Å². The molecule has 0 unspecified atom stereocenters. The Labute approximate surface area is 184 Å². The van der Waals surface area contributed by atoms with Gasteiger partial charge in [0.1, 0.15) is 18.7 Å². The maximum atomic E-state index is 13.2. The van der Waals surface area contributed by atoms with E-state index >= 15 is 0 Å². The van der Waals surface area contributed by atoms with E-state index in [2.05, 4.69) is 10.6 Å². The largest absolute Gasteiger partial charge is 0.375 e. The van der Waals surface area contributed by atoms with Gasteiger partial charge in [0.05, 0.1) is 6.54 Å². The van der Waals surface area contributed by atoms with Crippen LogP contribution < -0.4 is 16.4 Å². The van der Waals surface area contributed by atoms with Crippen LogP contribution in [0.25, 0.3) is 0 Å². The number of nitrogens with zero attached hydrogens (tertiary/aromatic N) is 2. The molecule has 1 aliphatic heterocycles. The summed E-state index contributed by atoms with van der Waals surface area (Å²) in [6.07, 6.45) is 5.96. The highest BCUT2D eigenvalue weighted by Gasteiger charge is 2.38. The van der Waals surface area contributed by atoms with E-state index in [1.807, 2.05) is 13.8 Å². The van der Waals surface area contributed by atoms with Crippen molar-refractivity contribution in [3.63, 3.8) is 0 Å². The minimum absolute atomic E-state index is 0.0365. The fourth-order valence-corrected chi connectivity index (χ4v) is 4.31. The lowest BCUT2D eigenvalue weighted by atomic mass is 9.84. The van der Waals surface area contributed by atoms with Crippen LogP contribution in [-0.4, -0.2) is 85.0 Å². The summed E-state index contributed by atoms with van der Waals surface area (Å²) < 4.78 is 4.94. The molecule has 5 amide bonds. The lowest BCUT2D eigenvalue weighted by Crippen LogP contribution is -2.64. The SMILES string of the molecule is COCC(=O)N1CCN(C(=O)NC(C)C)C[C@@H]1C(=O)N[C@@H](CC1CCCCC1)C(N)=O. The van der Waals surface area contributed by atoms with Crippen LogP contribution in [0.4, 0.5) is 4.79 Å². The lowest BCUT2D eigenvalue weighted by Gasteiger charge is -2.41. The molecule has 1 saturated carbocycles. The number of rotatable bonds is 8. The van der Waals surface area contributed by atoms with Gasteiger partial charge in [0.15, 0.2) is 0 Å². The molecule has 10 heteroatoms. The average molecular weight is 440 g/mol. The topological polar surface area (TPSA) is 134 Å². The molecule has 10 nitrogen and oxygen atoms in total. The molecule has 0 radical (unpaired) electrons. The van der Waals surface area contributed by atoms with Gasteiger partial charge in [0.25, 0.3) is 0 Å². The molecule has 1 heterocycles. The van der Waals surface area contributed by atoms with Crippen LogP contribution in [-0.2, 0) is 19.1 Å². The average Bonchev–Trinajstić information content (AvgIpc) is 2.73. The Morgan fingerprint density at radius 1 is 1.06 bits per heavy atom. The molecule has 0 aromatic rings. The number of methoxy groups -OCH3 is 1. The van der Waals surface area contributed by atoms with Crippen LogP contribution in [0.15, 0.2) is 0 Å². The number of primary amides is 1. The third-order valence-corrected chi connectivity index (χ3v) is 5.92. The molecule has 31 heavy (non-hydrogen) atoms. The first-order valence-corrected chi connectivity index (χ1v) is 11.2. The van der Waals surface area contributed by atoms with Gasteiger partial charge in [0, 0.05) is 26.2 Å². The Balaban J connectivity index is 2.11. The molecule has 0 spiro atoms. The minimum atomic E-state index is -0.914. The molecule has 176 valence electrons. The summed E-state index contributed by atoms with van der Waals surface area (Å²) in [6, 6.07) is -2.06. The molecule has 4 N–H and O–H groups in total. The number of carbonyl (C=O) groups excluding carboxylic acids is 4. The third kappa shape index (κ3) is 7.37. The Kier molecular flexibility index (Phi) is 9.54. The van der Waals surface area contributed by atoms with Crippen molar-refractivity contribution >= 4 is 23.8 Å². The first kappa shape index (κ1) is 24.9. The third-order valence-electron chi connectivity index (χ3n) is 5.92. The van der Waals surface area contributed by atoms with E-state index in [0.29, 0.717) is 18.9 Å². The maximum Gasteiger partial charge on any atom is 0.317 e. The summed E-state index contributed by atoms with van der Waals surface area (Å²) in [4.78, 5) is 53.1. The molecule has 1 aliphatic carbocycles. The van der Waals surface area contributed by atoms with Crippen molar-refractivity contribution in [1.82, 2.24) is 20.4 Å². The Morgan fingerprint density at radius 2 is 1.74 bits per heavy atom. The highest BCUT2D eigenvalue weighted by Crippen LogP contribution is 2.27. The van der Waals surface area contributed by atoms with Gasteiger partial charge >= 0.3 is 6.03 Å². The van der Waals surface area contributed by atoms with E-state index in [-0.39, 0.29) is 37.7 Å². The van der Waals surface area contributed by atoms with Gasteiger partial charge in [-0.25, -0.2) is 4.79 Å². The molecule has 2 aliphatic rings. The van der Waals surface area contributed by atoms with Crippen LogP contribution in [0.2, 0.25) is 0 Å². The lowest BCUT2D eigenvalue weighted by molar-refractivity contribution is -0.146. The Hall–Kier alpha value is -2.36. The molecule has 2 fully saturated rings. The predicted molar refractivity (Wildman–Crippen MR) is 115 cm³/mol. The van der Waals surface area contributed by atoms with E-state index in [4.69, 9.17) is 10.5 Å². The summed E-state index contributed by atoms with van der Waals surface area (Å²) in [5.74, 6) is -1.06. The molecule has 1 saturated heterocycles. The number of ether oxygens (including phenoxy) is 1. The van der Waals surface area contributed by atoms with Crippen LogP contribution in [0.3, 0.4) is 0 Å². The van der Waals surface area contributed by atoms with Crippen LogP contribution in [0, 0.1) is 5.92 Å². The van der Waals surface area contributed by atoms with Crippen molar-refractivity contribution < 1.29 is 23.9 Å². The first-order valence-electron chi connectivity index (χ1n) is 11.2. The maximum absolute atomic E-state index is 13.2. The van der Waals surface area contributed by atoms with E-state index in [1.54, 1.807) is 0 Å². The van der Waals surface area contributed by atoms with Gasteiger partial charge in [0.2, 0.25) is 17.7 Å². The monoisotopic (exact) mass is 439 g/mol. The molecule has 2 rings (SSSR count). The first-order chi connectivity index (χ1) is 14.7. The van der Waals surface area contributed by atoms with Crippen molar-refractivity contribution in [3.05, 3.63) is 0 Å². The highest BCUT2D eigenvalue weighted by molar-refractivity contribution is 5.92. The van der Waals surface area contributed by atoms with Crippen molar-refractivity contribution in [2.75, 3.05) is 33.4 Å². The fraction of sp³-hybridized carbons (Fsp3) is 0.810. The van der Waals surface area contributed by atoms with E-state index < -0.39 is 23.9 Å². The molecular weight excluding hydrogens is 402 g/mol. The van der Waals surface area contributed by atoms with Gasteiger partial charge < -0.3 is 30.9 Å². The minimum Gasteiger partial charge on any atom is -0.375 e. The smallest absolute Gasteiger partial charge is 0.317 e. The van der Waals surface area contributed by atoms with Gasteiger partial charge in [-0.05, 0) is 26.2 Å². The highest BCUT2D eigenvalue weighted by atomic mass is 16.5. The quantitative estimate of drug-likeness (QED) is 0.497. The number of urea groups is 1. The molecule has 2 atom stereocenters. The Bertz CT molecular complexity index is 650. The zero-order valence-corrected chi connectivity index (χ0v) is 18.9. The summed E-state index contributed by atoms with van der Waals surface area (Å²) in [7, 11) is 1.41. The summed E-state index contributed by atoms with van der Waals surface area (Å²) in [5.41, 5.74) is 5.58. The van der Waals surface area contributed by atoms with Crippen LogP contribution in [0.1, 0.15) is 52.4 Å². The second-order valence-electron chi connectivity index (χ2n) is 8.79. The molecule has 0 bridgehead atoms. The summed E-state index contributed by atoms with van der Waals surface area (Å²) in [5, 5.41) is 5.56. The second-order valence-corrected chi connectivity index (χ2v) is 8.79. The summed E-state index contributed by atoms with van der Waals surface area (Å²) >= 11 is 0. The van der Waals surface area contributed by atoms with E-state index in [9.17, 15) is 19.2 Å². The van der Waals surface area contributed by atoms with Crippen LogP contribution in [0.5, 0.6) is 0 Å². The number of nitrogens with one attached hydrogen (secondary N) is 2. The normalized spacial score (nSPS) is 21.0. The Morgan fingerprint density at radius 3 is 2.32 bits per heavy atom. The van der Waals surface area contributed by atoms with Crippen molar-refractivity contribution in [1.29, 1.82) is 0 Å². The predicted octanol–water partition coefficient (Wildman–Crippen LogP) is 0.204. The van der Waals surface area contributed by atoms with Gasteiger partial charge in [-0.1, -0.05) is 32.1 Å². The number of piperazine rings is 1. The molecular formula is C21H37N5O5. The van der Waals surface area contributed by atoms with Crippen molar-refractivity contribution in [2.45, 2.75) is 70.5 Å². The fourth-order valence-electron chi connectivity index (χ4n) is 4.31. The standard InChI is InChI=1S/C21H37N5O5/c1-14(2)23-21(30)25-9-10-26(18(27)13-31-3)17(12-25)20(29)24-16(19(22)28)11-15-7-5-4-6-8-15/h14-17H,4-13H2,1-3H3,(H2,22,28)(H,23,30)(H,24,29)/t16-,17+/m0/s1. The van der Waals surface area contributed by atoms with Crippen molar-refractivity contribution in [2.24, 2.45) is 11.7 Å². The molecule has 0 aromatic carbocycles. The van der Waals surface area contributed by atoms with Gasteiger partial charge in [-0.15, -0.1) is 0 Å². The number of hydrogen-bond acceptors (Lipinski definition) is 5. The zero-order chi connectivity index (χ0) is 23.0. The number of nitrogens with two attached hydrogens (primary N) is 1. The van der Waals surface area contributed by atoms with Gasteiger partial charge in [-0.2, -0.15) is 0 Å². The zero-order valence-electron chi connectivity index (χ0n) is 18.9.